The normalized spacial score (nSPS) is 17.0. The Kier molecular flexibility index (Phi) is 8.25. The Hall–Kier alpha value is -1.92. The monoisotopic (exact) mass is 375 g/mol. The summed E-state index contributed by atoms with van der Waals surface area (Å²) in [6, 6.07) is 8.51. The second-order valence-corrected chi connectivity index (χ2v) is 7.49. The van der Waals surface area contributed by atoms with E-state index in [4.69, 9.17) is 5.11 Å². The predicted molar refractivity (Wildman–Crippen MR) is 107 cm³/mol. The molecule has 0 aliphatic carbocycles. The maximum absolute atomic E-state index is 12.8. The van der Waals surface area contributed by atoms with Crippen LogP contribution in [0.4, 0.5) is 0 Å². The predicted octanol–water partition coefficient (Wildman–Crippen LogP) is 2.21. The Balaban J connectivity index is 1.91. The van der Waals surface area contributed by atoms with Crippen molar-refractivity contribution in [2.45, 2.75) is 46.2 Å². The van der Waals surface area contributed by atoms with Gasteiger partial charge in [-0.2, -0.15) is 0 Å². The molecule has 1 aliphatic heterocycles. The lowest BCUT2D eigenvalue weighted by Crippen LogP contribution is -2.46. The molecular weight excluding hydrogens is 342 g/mol. The van der Waals surface area contributed by atoms with E-state index in [1.165, 1.54) is 11.1 Å². The molecule has 1 aromatic rings. The molecule has 1 N–H and O–H groups in total. The minimum atomic E-state index is -0.886. The number of carboxylic acid groups (broad SMARTS) is 1. The quantitative estimate of drug-likeness (QED) is 0.755. The highest BCUT2D eigenvalue weighted by molar-refractivity contribution is 5.79. The molecule has 0 radical (unpaired) electrons. The summed E-state index contributed by atoms with van der Waals surface area (Å²) >= 11 is 0. The summed E-state index contributed by atoms with van der Waals surface area (Å²) in [6.07, 6.45) is 1.77. The number of amides is 1. The van der Waals surface area contributed by atoms with Crippen LogP contribution in [-0.4, -0.2) is 77.0 Å². The van der Waals surface area contributed by atoms with E-state index >= 15 is 0 Å². The average molecular weight is 376 g/mol. The number of nitrogens with zero attached hydrogens (tertiary/aromatic N) is 3. The molecule has 1 aliphatic rings. The van der Waals surface area contributed by atoms with Gasteiger partial charge < -0.3 is 10.0 Å². The Bertz CT molecular complexity index is 635. The van der Waals surface area contributed by atoms with E-state index in [1.54, 1.807) is 4.90 Å². The minimum Gasteiger partial charge on any atom is -0.480 e. The van der Waals surface area contributed by atoms with Crippen LogP contribution in [0.5, 0.6) is 0 Å². The second-order valence-electron chi connectivity index (χ2n) is 7.49. The SMILES string of the molecule is CCC(C)N(CC(=O)O)CC(=O)N1CCCN(Cc2ccccc2C)CC1. The van der Waals surface area contributed by atoms with Crippen LogP contribution in [-0.2, 0) is 16.1 Å². The largest absolute Gasteiger partial charge is 0.480 e. The second kappa shape index (κ2) is 10.4. The maximum atomic E-state index is 12.8. The van der Waals surface area contributed by atoms with E-state index in [2.05, 4.69) is 36.1 Å². The molecule has 0 spiro atoms. The van der Waals surface area contributed by atoms with Crippen molar-refractivity contribution in [3.63, 3.8) is 0 Å². The Morgan fingerprint density at radius 2 is 1.89 bits per heavy atom. The highest BCUT2D eigenvalue weighted by atomic mass is 16.4. The summed E-state index contributed by atoms with van der Waals surface area (Å²) in [5, 5.41) is 9.12. The summed E-state index contributed by atoms with van der Waals surface area (Å²) in [5.41, 5.74) is 2.63. The van der Waals surface area contributed by atoms with Crippen LogP contribution in [0.15, 0.2) is 24.3 Å². The number of aliphatic carboxylic acids is 1. The van der Waals surface area contributed by atoms with Crippen molar-refractivity contribution in [3.8, 4) is 0 Å². The van der Waals surface area contributed by atoms with Crippen molar-refractivity contribution in [3.05, 3.63) is 35.4 Å². The van der Waals surface area contributed by atoms with Gasteiger partial charge in [0.1, 0.15) is 0 Å². The van der Waals surface area contributed by atoms with E-state index in [0.717, 1.165) is 39.0 Å². The molecule has 0 saturated carbocycles. The third-order valence-electron chi connectivity index (χ3n) is 5.49. The Morgan fingerprint density at radius 1 is 1.15 bits per heavy atom. The lowest BCUT2D eigenvalue weighted by molar-refractivity contribution is -0.140. The summed E-state index contributed by atoms with van der Waals surface area (Å²) < 4.78 is 0. The van der Waals surface area contributed by atoms with Gasteiger partial charge in [-0.05, 0) is 37.8 Å². The van der Waals surface area contributed by atoms with Gasteiger partial charge in [-0.1, -0.05) is 31.2 Å². The molecule has 1 atom stereocenters. The zero-order valence-electron chi connectivity index (χ0n) is 16.9. The number of benzene rings is 1. The molecule has 1 fully saturated rings. The zero-order chi connectivity index (χ0) is 19.8. The first kappa shape index (κ1) is 21.4. The van der Waals surface area contributed by atoms with Gasteiger partial charge in [0, 0.05) is 38.8 Å². The van der Waals surface area contributed by atoms with Crippen molar-refractivity contribution in [2.24, 2.45) is 0 Å². The summed E-state index contributed by atoms with van der Waals surface area (Å²) in [5.74, 6) is -0.849. The molecule has 1 amide bonds. The van der Waals surface area contributed by atoms with Gasteiger partial charge in [-0.3, -0.25) is 19.4 Å². The van der Waals surface area contributed by atoms with E-state index in [9.17, 15) is 9.59 Å². The fraction of sp³-hybridized carbons (Fsp3) is 0.619. The van der Waals surface area contributed by atoms with Gasteiger partial charge in [0.2, 0.25) is 5.91 Å². The fourth-order valence-electron chi connectivity index (χ4n) is 3.48. The standard InChI is InChI=1S/C21H33N3O3/c1-4-18(3)24(16-21(26)27)15-20(25)23-11-7-10-22(12-13-23)14-19-9-6-5-8-17(19)2/h5-6,8-9,18H,4,7,10-16H2,1-3H3,(H,26,27). The van der Waals surface area contributed by atoms with Crippen LogP contribution in [0.3, 0.4) is 0 Å². The number of hydrogen-bond donors (Lipinski definition) is 1. The minimum absolute atomic E-state index is 0.0364. The first-order valence-corrected chi connectivity index (χ1v) is 9.91. The summed E-state index contributed by atoms with van der Waals surface area (Å²) in [4.78, 5) is 29.9. The van der Waals surface area contributed by atoms with E-state index < -0.39 is 5.97 Å². The third-order valence-corrected chi connectivity index (χ3v) is 5.49. The van der Waals surface area contributed by atoms with Crippen molar-refractivity contribution >= 4 is 11.9 Å². The molecule has 1 heterocycles. The third kappa shape index (κ3) is 6.63. The average Bonchev–Trinajstić information content (AvgIpc) is 2.87. The lowest BCUT2D eigenvalue weighted by Gasteiger charge is -2.29. The van der Waals surface area contributed by atoms with Crippen LogP contribution < -0.4 is 0 Å². The molecule has 0 bridgehead atoms. The van der Waals surface area contributed by atoms with Crippen molar-refractivity contribution < 1.29 is 14.7 Å². The zero-order valence-corrected chi connectivity index (χ0v) is 16.9. The summed E-state index contributed by atoms with van der Waals surface area (Å²) in [6.45, 7) is 10.4. The molecular formula is C21H33N3O3. The first-order chi connectivity index (χ1) is 12.9. The van der Waals surface area contributed by atoms with Gasteiger partial charge in [0.15, 0.2) is 0 Å². The number of carbonyl (C=O) groups is 2. The van der Waals surface area contributed by atoms with E-state index in [1.807, 2.05) is 18.7 Å². The molecule has 1 saturated heterocycles. The molecule has 1 aromatic carbocycles. The number of carboxylic acids is 1. The van der Waals surface area contributed by atoms with Crippen LogP contribution in [0, 0.1) is 6.92 Å². The van der Waals surface area contributed by atoms with Gasteiger partial charge in [-0.15, -0.1) is 0 Å². The highest BCUT2D eigenvalue weighted by Gasteiger charge is 2.24. The smallest absolute Gasteiger partial charge is 0.317 e. The molecule has 2 rings (SSSR count). The maximum Gasteiger partial charge on any atom is 0.317 e. The van der Waals surface area contributed by atoms with Crippen LogP contribution >= 0.6 is 0 Å². The van der Waals surface area contributed by atoms with Crippen molar-refractivity contribution in [1.82, 2.24) is 14.7 Å². The van der Waals surface area contributed by atoms with Crippen molar-refractivity contribution in [2.75, 3.05) is 39.3 Å². The molecule has 1 unspecified atom stereocenters. The molecule has 6 heteroatoms. The van der Waals surface area contributed by atoms with E-state index in [0.29, 0.717) is 6.54 Å². The van der Waals surface area contributed by atoms with Gasteiger partial charge >= 0.3 is 5.97 Å². The number of carbonyl (C=O) groups excluding carboxylic acids is 1. The molecule has 0 aromatic heterocycles. The van der Waals surface area contributed by atoms with Crippen LogP contribution in [0.25, 0.3) is 0 Å². The Morgan fingerprint density at radius 3 is 2.56 bits per heavy atom. The highest BCUT2D eigenvalue weighted by Crippen LogP contribution is 2.13. The number of aryl methyl sites for hydroxylation is 1. The van der Waals surface area contributed by atoms with Crippen molar-refractivity contribution in [1.29, 1.82) is 0 Å². The fourth-order valence-corrected chi connectivity index (χ4v) is 3.48. The van der Waals surface area contributed by atoms with Gasteiger partial charge in [0.05, 0.1) is 13.1 Å². The molecule has 27 heavy (non-hydrogen) atoms. The molecule has 150 valence electrons. The van der Waals surface area contributed by atoms with Gasteiger partial charge in [0.25, 0.3) is 0 Å². The van der Waals surface area contributed by atoms with Crippen LogP contribution in [0.2, 0.25) is 0 Å². The Labute approximate surface area is 162 Å². The lowest BCUT2D eigenvalue weighted by atomic mass is 10.1. The first-order valence-electron chi connectivity index (χ1n) is 9.91. The van der Waals surface area contributed by atoms with Gasteiger partial charge in [-0.25, -0.2) is 0 Å². The number of rotatable bonds is 8. The molecule has 6 nitrogen and oxygen atoms in total. The van der Waals surface area contributed by atoms with Crippen LogP contribution in [0.1, 0.15) is 37.8 Å². The van der Waals surface area contributed by atoms with E-state index in [-0.39, 0.29) is 25.0 Å². The topological polar surface area (TPSA) is 64.1 Å². The summed E-state index contributed by atoms with van der Waals surface area (Å²) in [7, 11) is 0. The number of hydrogen-bond acceptors (Lipinski definition) is 4.